The van der Waals surface area contributed by atoms with Crippen LogP contribution in [0, 0.1) is 0 Å². The summed E-state index contributed by atoms with van der Waals surface area (Å²) in [4.78, 5) is 15.2. The average Bonchev–Trinajstić information content (AvgIpc) is 2.03. The summed E-state index contributed by atoms with van der Waals surface area (Å²) in [6.45, 7) is 5.72. The van der Waals surface area contributed by atoms with E-state index in [0.29, 0.717) is 0 Å². The van der Waals surface area contributed by atoms with Crippen molar-refractivity contribution in [2.24, 2.45) is 5.73 Å². The normalized spacial score (nSPS) is 13.1. The zero-order valence-corrected chi connectivity index (χ0v) is 9.08. The Balaban J connectivity index is 4.14. The van der Waals surface area contributed by atoms with Crippen molar-refractivity contribution in [2.75, 3.05) is 33.7 Å². The molecule has 0 rings (SSSR count). The van der Waals surface area contributed by atoms with Crippen LogP contribution in [0.4, 0.5) is 0 Å². The predicted molar refractivity (Wildman–Crippen MR) is 54.5 cm³/mol. The van der Waals surface area contributed by atoms with Crippen molar-refractivity contribution in [3.63, 3.8) is 0 Å². The van der Waals surface area contributed by atoms with Crippen LogP contribution in [0.1, 0.15) is 13.8 Å². The molecule has 78 valence electrons. The summed E-state index contributed by atoms with van der Waals surface area (Å²) in [7, 11) is 3.99. The highest BCUT2D eigenvalue weighted by atomic mass is 16.2. The van der Waals surface area contributed by atoms with E-state index in [1.807, 2.05) is 27.9 Å². The minimum atomic E-state index is 0.0249. The lowest BCUT2D eigenvalue weighted by molar-refractivity contribution is -0.131. The molecule has 0 aliphatic carbocycles. The Morgan fingerprint density at radius 3 is 2.31 bits per heavy atom. The van der Waals surface area contributed by atoms with Gasteiger partial charge in [-0.15, -0.1) is 0 Å². The third kappa shape index (κ3) is 4.24. The van der Waals surface area contributed by atoms with Gasteiger partial charge < -0.3 is 15.5 Å². The van der Waals surface area contributed by atoms with Gasteiger partial charge in [0.05, 0.1) is 6.54 Å². The van der Waals surface area contributed by atoms with Crippen LogP contribution in [0.3, 0.4) is 0 Å². The van der Waals surface area contributed by atoms with Crippen molar-refractivity contribution >= 4 is 5.91 Å². The number of hydrogen-bond acceptors (Lipinski definition) is 3. The van der Waals surface area contributed by atoms with E-state index in [4.69, 9.17) is 5.73 Å². The summed E-state index contributed by atoms with van der Waals surface area (Å²) in [5, 5.41) is 0. The van der Waals surface area contributed by atoms with Gasteiger partial charge in [0, 0.05) is 19.1 Å². The maximum Gasteiger partial charge on any atom is 0.236 e. The highest BCUT2D eigenvalue weighted by Crippen LogP contribution is 1.99. The summed E-state index contributed by atoms with van der Waals surface area (Å²) in [5.74, 6) is 0.0249. The lowest BCUT2D eigenvalue weighted by Gasteiger charge is -2.29. The van der Waals surface area contributed by atoms with Crippen molar-refractivity contribution in [1.82, 2.24) is 9.80 Å². The Bertz CT molecular complexity index is 159. The Labute approximate surface area is 80.7 Å². The van der Waals surface area contributed by atoms with Crippen LogP contribution in [-0.2, 0) is 4.79 Å². The fraction of sp³-hybridized carbons (Fsp3) is 0.889. The highest BCUT2D eigenvalue weighted by molar-refractivity contribution is 5.78. The van der Waals surface area contributed by atoms with E-state index in [2.05, 4.69) is 4.90 Å². The molecule has 0 saturated carbocycles. The lowest BCUT2D eigenvalue weighted by Crippen LogP contribution is -2.46. The summed E-state index contributed by atoms with van der Waals surface area (Å²) in [5.41, 5.74) is 5.31. The lowest BCUT2D eigenvalue weighted by atomic mass is 10.2. The molecule has 0 aromatic rings. The molecule has 0 aromatic carbocycles. The molecular formula is C9H21N3O. The predicted octanol–water partition coefficient (Wildman–Crippen LogP) is -0.256. The third-order valence-electron chi connectivity index (χ3n) is 2.00. The molecule has 2 N–H and O–H groups in total. The number of carbonyl (C=O) groups is 1. The van der Waals surface area contributed by atoms with E-state index in [1.165, 1.54) is 0 Å². The minimum Gasteiger partial charge on any atom is -0.338 e. The van der Waals surface area contributed by atoms with Crippen molar-refractivity contribution in [1.29, 1.82) is 0 Å². The second-order valence-corrected chi connectivity index (χ2v) is 3.50. The number of nitrogens with zero attached hydrogens (tertiary/aromatic N) is 2. The molecule has 0 heterocycles. The molecule has 0 spiro atoms. The third-order valence-corrected chi connectivity index (χ3v) is 2.00. The molecule has 0 aromatic heterocycles. The van der Waals surface area contributed by atoms with Gasteiger partial charge in [0.1, 0.15) is 0 Å². The largest absolute Gasteiger partial charge is 0.338 e. The standard InChI is InChI=1S/C9H21N3O/c1-5-12(9(13)6-10)8(2)7-11(3)4/h8H,5-7,10H2,1-4H3. The molecule has 1 amide bonds. The van der Waals surface area contributed by atoms with Crippen molar-refractivity contribution in [3.05, 3.63) is 0 Å². The van der Waals surface area contributed by atoms with Gasteiger partial charge in [-0.2, -0.15) is 0 Å². The van der Waals surface area contributed by atoms with E-state index in [-0.39, 0.29) is 18.5 Å². The first-order chi connectivity index (χ1) is 6.02. The van der Waals surface area contributed by atoms with Gasteiger partial charge in [-0.1, -0.05) is 0 Å². The molecule has 0 saturated heterocycles. The van der Waals surface area contributed by atoms with Gasteiger partial charge in [-0.25, -0.2) is 0 Å². The Morgan fingerprint density at radius 1 is 1.46 bits per heavy atom. The Kier molecular flexibility index (Phi) is 5.66. The highest BCUT2D eigenvalue weighted by Gasteiger charge is 2.16. The minimum absolute atomic E-state index is 0.0249. The van der Waals surface area contributed by atoms with Gasteiger partial charge >= 0.3 is 0 Å². The zero-order chi connectivity index (χ0) is 10.4. The monoisotopic (exact) mass is 187 g/mol. The second-order valence-electron chi connectivity index (χ2n) is 3.50. The number of amides is 1. The Morgan fingerprint density at radius 2 is 2.00 bits per heavy atom. The van der Waals surface area contributed by atoms with Crippen LogP contribution in [-0.4, -0.2) is 55.5 Å². The smallest absolute Gasteiger partial charge is 0.236 e. The molecule has 13 heavy (non-hydrogen) atoms. The maximum atomic E-state index is 11.3. The molecule has 1 atom stereocenters. The van der Waals surface area contributed by atoms with Crippen LogP contribution in [0.2, 0.25) is 0 Å². The zero-order valence-electron chi connectivity index (χ0n) is 9.08. The fourth-order valence-electron chi connectivity index (χ4n) is 1.48. The number of nitrogens with two attached hydrogens (primary N) is 1. The maximum absolute atomic E-state index is 11.3. The fourth-order valence-corrected chi connectivity index (χ4v) is 1.48. The molecule has 0 radical (unpaired) electrons. The number of rotatable bonds is 5. The summed E-state index contributed by atoms with van der Waals surface area (Å²) in [6.07, 6.45) is 0. The van der Waals surface area contributed by atoms with Crippen LogP contribution < -0.4 is 5.73 Å². The SMILES string of the molecule is CCN(C(=O)CN)C(C)CN(C)C. The van der Waals surface area contributed by atoms with E-state index in [0.717, 1.165) is 13.1 Å². The first-order valence-electron chi connectivity index (χ1n) is 4.67. The van der Waals surface area contributed by atoms with E-state index in [9.17, 15) is 4.79 Å². The first kappa shape index (κ1) is 12.4. The topological polar surface area (TPSA) is 49.6 Å². The van der Waals surface area contributed by atoms with E-state index >= 15 is 0 Å². The summed E-state index contributed by atoms with van der Waals surface area (Å²) >= 11 is 0. The molecule has 0 bridgehead atoms. The van der Waals surface area contributed by atoms with Crippen LogP contribution in [0.5, 0.6) is 0 Å². The summed E-state index contributed by atoms with van der Waals surface area (Å²) < 4.78 is 0. The number of carbonyl (C=O) groups excluding carboxylic acids is 1. The van der Waals surface area contributed by atoms with Gasteiger partial charge in [0.25, 0.3) is 0 Å². The molecule has 4 heteroatoms. The molecule has 1 unspecified atom stereocenters. The molecule has 0 aliphatic rings. The van der Waals surface area contributed by atoms with Gasteiger partial charge in [-0.3, -0.25) is 4.79 Å². The number of hydrogen-bond donors (Lipinski definition) is 1. The quantitative estimate of drug-likeness (QED) is 0.645. The van der Waals surface area contributed by atoms with Gasteiger partial charge in [0.2, 0.25) is 5.91 Å². The van der Waals surface area contributed by atoms with Gasteiger partial charge in [-0.05, 0) is 27.9 Å². The van der Waals surface area contributed by atoms with E-state index in [1.54, 1.807) is 4.90 Å². The first-order valence-corrected chi connectivity index (χ1v) is 4.67. The van der Waals surface area contributed by atoms with Crippen molar-refractivity contribution < 1.29 is 4.79 Å². The Hall–Kier alpha value is -0.610. The van der Waals surface area contributed by atoms with Crippen LogP contribution >= 0.6 is 0 Å². The van der Waals surface area contributed by atoms with Crippen LogP contribution in [0.25, 0.3) is 0 Å². The molecule has 0 aliphatic heterocycles. The van der Waals surface area contributed by atoms with Crippen molar-refractivity contribution in [2.45, 2.75) is 19.9 Å². The average molecular weight is 187 g/mol. The molecule has 0 fully saturated rings. The van der Waals surface area contributed by atoms with Crippen molar-refractivity contribution in [3.8, 4) is 0 Å². The second kappa shape index (κ2) is 5.94. The van der Waals surface area contributed by atoms with E-state index < -0.39 is 0 Å². The number of likely N-dealkylation sites (N-methyl/N-ethyl adjacent to an activating group) is 2. The van der Waals surface area contributed by atoms with Gasteiger partial charge in [0.15, 0.2) is 0 Å². The van der Waals surface area contributed by atoms with Crippen LogP contribution in [0.15, 0.2) is 0 Å². The summed E-state index contributed by atoms with van der Waals surface area (Å²) in [6, 6.07) is 0.232. The molecule has 4 nitrogen and oxygen atoms in total. The molecular weight excluding hydrogens is 166 g/mol.